The van der Waals surface area contributed by atoms with Crippen molar-refractivity contribution < 1.29 is 19.4 Å². The van der Waals surface area contributed by atoms with E-state index in [4.69, 9.17) is 9.84 Å². The number of carboxylic acid groups (broad SMARTS) is 1. The van der Waals surface area contributed by atoms with Gasteiger partial charge in [-0.3, -0.25) is 4.79 Å². The first-order valence-electron chi connectivity index (χ1n) is 4.99. The van der Waals surface area contributed by atoms with Crippen molar-refractivity contribution in [1.29, 1.82) is 0 Å². The van der Waals surface area contributed by atoms with Gasteiger partial charge < -0.3 is 15.2 Å². The van der Waals surface area contributed by atoms with Crippen LogP contribution in [0, 0.1) is 0 Å². The lowest BCUT2D eigenvalue weighted by molar-refractivity contribution is -0.143. The van der Waals surface area contributed by atoms with Crippen molar-refractivity contribution in [2.24, 2.45) is 0 Å². The zero-order valence-corrected chi connectivity index (χ0v) is 10.8. The summed E-state index contributed by atoms with van der Waals surface area (Å²) in [7, 11) is 1.54. The van der Waals surface area contributed by atoms with Crippen molar-refractivity contribution in [3.05, 3.63) is 21.9 Å². The van der Waals surface area contributed by atoms with Crippen molar-refractivity contribution in [3.63, 3.8) is 0 Å². The number of carbonyl (C=O) groups is 2. The molecule has 2 N–H and O–H groups in total. The molecule has 0 aliphatic rings. The normalized spacial score (nSPS) is 11.2. The Bertz CT molecular complexity index is 425. The molecule has 0 atom stereocenters. The topological polar surface area (TPSA) is 75.6 Å². The number of carboxylic acids is 1. The van der Waals surface area contributed by atoms with Crippen LogP contribution in [0.5, 0.6) is 0 Å². The van der Waals surface area contributed by atoms with Crippen LogP contribution in [0.4, 0.5) is 0 Å². The summed E-state index contributed by atoms with van der Waals surface area (Å²) in [6.07, 6.45) is 0. The second-order valence-corrected chi connectivity index (χ2v) is 5.01. The molecule has 0 unspecified atom stereocenters. The molecule has 0 spiro atoms. The molecule has 1 amide bonds. The zero-order chi connectivity index (χ0) is 13.1. The first-order valence-corrected chi connectivity index (χ1v) is 5.87. The van der Waals surface area contributed by atoms with Crippen molar-refractivity contribution in [1.82, 2.24) is 5.32 Å². The molecule has 0 aliphatic heterocycles. The first kappa shape index (κ1) is 13.7. The number of methoxy groups -OCH3 is 1. The van der Waals surface area contributed by atoms with Crippen LogP contribution in [0.25, 0.3) is 0 Å². The molecule has 0 saturated carbocycles. The van der Waals surface area contributed by atoms with E-state index in [2.05, 4.69) is 5.32 Å². The van der Waals surface area contributed by atoms with Gasteiger partial charge in [0.15, 0.2) is 0 Å². The number of hydrogen-bond acceptors (Lipinski definition) is 4. The Morgan fingerprint density at radius 2 is 2.18 bits per heavy atom. The fraction of sp³-hybridized carbons (Fsp3) is 0.455. The summed E-state index contributed by atoms with van der Waals surface area (Å²) in [6, 6.07) is 1.79. The van der Waals surface area contributed by atoms with Gasteiger partial charge >= 0.3 is 5.97 Å². The van der Waals surface area contributed by atoms with Gasteiger partial charge in [0, 0.05) is 12.7 Å². The summed E-state index contributed by atoms with van der Waals surface area (Å²) < 4.78 is 4.96. The molecule has 0 radical (unpaired) electrons. The maximum absolute atomic E-state index is 11.9. The third kappa shape index (κ3) is 3.28. The molecule has 17 heavy (non-hydrogen) atoms. The van der Waals surface area contributed by atoms with E-state index in [-0.39, 0.29) is 5.91 Å². The smallest absolute Gasteiger partial charge is 0.328 e. The number of aliphatic carboxylic acids is 1. The fourth-order valence-corrected chi connectivity index (χ4v) is 2.00. The molecule has 6 heteroatoms. The van der Waals surface area contributed by atoms with Crippen LogP contribution in [0.1, 0.15) is 29.1 Å². The van der Waals surface area contributed by atoms with Gasteiger partial charge in [0.1, 0.15) is 5.54 Å². The Morgan fingerprint density at radius 3 is 2.71 bits per heavy atom. The molecule has 0 aliphatic carbocycles. The van der Waals surface area contributed by atoms with Crippen LogP contribution in [0.3, 0.4) is 0 Å². The minimum Gasteiger partial charge on any atom is -0.480 e. The number of carbonyl (C=O) groups excluding carboxylic acids is 1. The van der Waals surface area contributed by atoms with Crippen LogP contribution < -0.4 is 5.32 Å². The monoisotopic (exact) mass is 257 g/mol. The van der Waals surface area contributed by atoms with E-state index in [1.807, 2.05) is 0 Å². The molecular formula is C11H15NO4S. The molecule has 1 heterocycles. The fourth-order valence-electron chi connectivity index (χ4n) is 1.20. The van der Waals surface area contributed by atoms with Gasteiger partial charge in [-0.2, -0.15) is 0 Å². The second-order valence-electron chi connectivity index (χ2n) is 4.09. The van der Waals surface area contributed by atoms with Gasteiger partial charge in [0.2, 0.25) is 0 Å². The van der Waals surface area contributed by atoms with Gasteiger partial charge in [-0.25, -0.2) is 4.79 Å². The van der Waals surface area contributed by atoms with E-state index in [0.29, 0.717) is 11.5 Å². The summed E-state index contributed by atoms with van der Waals surface area (Å²) >= 11 is 1.27. The molecule has 0 saturated heterocycles. The summed E-state index contributed by atoms with van der Waals surface area (Å²) in [5.74, 6) is -1.46. The van der Waals surface area contributed by atoms with E-state index in [0.717, 1.165) is 5.56 Å². The highest BCUT2D eigenvalue weighted by molar-refractivity contribution is 7.12. The summed E-state index contributed by atoms with van der Waals surface area (Å²) in [5, 5.41) is 13.2. The Hall–Kier alpha value is -1.40. The number of ether oxygens (including phenoxy) is 1. The van der Waals surface area contributed by atoms with E-state index in [1.165, 1.54) is 25.2 Å². The van der Waals surface area contributed by atoms with Gasteiger partial charge in [-0.05, 0) is 25.3 Å². The van der Waals surface area contributed by atoms with Gasteiger partial charge in [-0.15, -0.1) is 11.3 Å². The van der Waals surface area contributed by atoms with E-state index in [9.17, 15) is 9.59 Å². The Kier molecular flexibility index (Phi) is 4.25. The lowest BCUT2D eigenvalue weighted by Gasteiger charge is -2.20. The molecule has 0 aromatic carbocycles. The predicted octanol–water partition coefficient (Wildman–Crippen LogP) is 1.49. The highest BCUT2D eigenvalue weighted by Gasteiger charge is 2.30. The third-order valence-corrected chi connectivity index (χ3v) is 3.17. The van der Waals surface area contributed by atoms with Crippen molar-refractivity contribution in [2.45, 2.75) is 26.0 Å². The maximum Gasteiger partial charge on any atom is 0.328 e. The van der Waals surface area contributed by atoms with Gasteiger partial charge in [0.25, 0.3) is 5.91 Å². The summed E-state index contributed by atoms with van der Waals surface area (Å²) in [4.78, 5) is 23.3. The lowest BCUT2D eigenvalue weighted by atomic mass is 10.1. The number of rotatable bonds is 5. The number of nitrogens with one attached hydrogen (secondary N) is 1. The van der Waals surface area contributed by atoms with Crippen molar-refractivity contribution in [2.75, 3.05) is 7.11 Å². The van der Waals surface area contributed by atoms with Crippen LogP contribution in [0.2, 0.25) is 0 Å². The molecule has 0 bridgehead atoms. The van der Waals surface area contributed by atoms with Crippen LogP contribution in [-0.4, -0.2) is 29.6 Å². The van der Waals surface area contributed by atoms with Crippen LogP contribution in [0.15, 0.2) is 11.4 Å². The molecular weight excluding hydrogens is 242 g/mol. The van der Waals surface area contributed by atoms with Crippen LogP contribution >= 0.6 is 11.3 Å². The third-order valence-electron chi connectivity index (χ3n) is 2.21. The Morgan fingerprint density at radius 1 is 1.53 bits per heavy atom. The van der Waals surface area contributed by atoms with E-state index < -0.39 is 11.5 Å². The summed E-state index contributed by atoms with van der Waals surface area (Å²) in [5.41, 5.74) is -0.526. The molecule has 1 aromatic heterocycles. The zero-order valence-electron chi connectivity index (χ0n) is 9.94. The van der Waals surface area contributed by atoms with Gasteiger partial charge in [-0.1, -0.05) is 0 Å². The first-order chi connectivity index (χ1) is 7.88. The number of hydrogen-bond donors (Lipinski definition) is 2. The Balaban J connectivity index is 2.83. The molecule has 1 aromatic rings. The van der Waals surface area contributed by atoms with E-state index >= 15 is 0 Å². The molecule has 5 nitrogen and oxygen atoms in total. The average Bonchev–Trinajstić information content (AvgIpc) is 2.65. The number of thiophene rings is 1. The van der Waals surface area contributed by atoms with E-state index in [1.54, 1.807) is 18.6 Å². The maximum atomic E-state index is 11.9. The standard InChI is InChI=1S/C11H15NO4S/c1-11(2,10(14)15)12-9(13)8-7(6-16-3)4-5-17-8/h4-5H,6H2,1-3H3,(H,12,13)(H,14,15). The molecule has 0 fully saturated rings. The summed E-state index contributed by atoms with van der Waals surface area (Å²) in [6.45, 7) is 3.22. The van der Waals surface area contributed by atoms with Crippen LogP contribution in [-0.2, 0) is 16.1 Å². The lowest BCUT2D eigenvalue weighted by Crippen LogP contribution is -2.49. The highest BCUT2D eigenvalue weighted by Crippen LogP contribution is 2.18. The number of amides is 1. The second kappa shape index (κ2) is 5.29. The molecule has 1 rings (SSSR count). The predicted molar refractivity (Wildman–Crippen MR) is 64.2 cm³/mol. The minimum atomic E-state index is -1.29. The highest BCUT2D eigenvalue weighted by atomic mass is 32.1. The minimum absolute atomic E-state index is 0.333. The quantitative estimate of drug-likeness (QED) is 0.838. The largest absolute Gasteiger partial charge is 0.480 e. The Labute approximate surface area is 103 Å². The van der Waals surface area contributed by atoms with Crippen molar-refractivity contribution >= 4 is 23.2 Å². The van der Waals surface area contributed by atoms with Crippen molar-refractivity contribution in [3.8, 4) is 0 Å². The SMILES string of the molecule is COCc1ccsc1C(=O)NC(C)(C)C(=O)O. The molecule has 94 valence electrons. The average molecular weight is 257 g/mol. The van der Waals surface area contributed by atoms with Gasteiger partial charge in [0.05, 0.1) is 11.5 Å².